The molecule has 0 bridgehead atoms. The van der Waals surface area contributed by atoms with Gasteiger partial charge in [-0.25, -0.2) is 4.79 Å². The van der Waals surface area contributed by atoms with Gasteiger partial charge in [-0.05, 0) is 44.0 Å². The zero-order valence-corrected chi connectivity index (χ0v) is 22.4. The molecule has 6 rings (SSSR count). The summed E-state index contributed by atoms with van der Waals surface area (Å²) < 4.78 is 0. The Labute approximate surface area is 231 Å². The first-order valence-electron chi connectivity index (χ1n) is 13.5. The highest BCUT2D eigenvalue weighted by Gasteiger charge is 2.52. The van der Waals surface area contributed by atoms with Crippen LogP contribution in [0, 0.1) is 5.92 Å². The Morgan fingerprint density at radius 2 is 1.85 bits per heavy atom. The van der Waals surface area contributed by atoms with E-state index in [1.807, 2.05) is 47.4 Å². The molecule has 2 aromatic rings. The SMILES string of the molecule is C=CC(=O)N[C@@H]1CCCC[C@H]1NC(=O)C1=C2NC(=O)N(c3ccnc(-c4ccccc4)c3)C3CCNC(S1)C23. The first-order chi connectivity index (χ1) is 19.0. The molecule has 4 aliphatic rings. The van der Waals surface area contributed by atoms with E-state index in [4.69, 9.17) is 0 Å². The van der Waals surface area contributed by atoms with Crippen LogP contribution >= 0.6 is 11.8 Å². The number of amides is 4. The molecule has 4 N–H and O–H groups in total. The smallest absolute Gasteiger partial charge is 0.326 e. The second-order valence-electron chi connectivity index (χ2n) is 10.4. The van der Waals surface area contributed by atoms with E-state index >= 15 is 0 Å². The van der Waals surface area contributed by atoms with Gasteiger partial charge in [0, 0.05) is 41.1 Å². The number of urea groups is 1. The summed E-state index contributed by atoms with van der Waals surface area (Å²) in [6.07, 6.45) is 7.36. The Kier molecular flexibility index (Phi) is 7.14. The van der Waals surface area contributed by atoms with Gasteiger partial charge >= 0.3 is 6.03 Å². The molecule has 9 nitrogen and oxygen atoms in total. The lowest BCUT2D eigenvalue weighted by molar-refractivity contribution is -0.120. The molecule has 3 fully saturated rings. The number of hydrogen-bond donors (Lipinski definition) is 4. The molecule has 10 heteroatoms. The Bertz CT molecular complexity index is 1330. The summed E-state index contributed by atoms with van der Waals surface area (Å²) in [7, 11) is 0. The van der Waals surface area contributed by atoms with Crippen molar-refractivity contribution in [1.82, 2.24) is 26.3 Å². The first-order valence-corrected chi connectivity index (χ1v) is 14.4. The highest BCUT2D eigenvalue weighted by Crippen LogP contribution is 2.48. The van der Waals surface area contributed by atoms with Crippen LogP contribution in [0.25, 0.3) is 11.3 Å². The summed E-state index contributed by atoms with van der Waals surface area (Å²) in [5, 5.41) is 12.7. The molecule has 202 valence electrons. The summed E-state index contributed by atoms with van der Waals surface area (Å²) in [6.45, 7) is 4.29. The third-order valence-corrected chi connectivity index (χ3v) is 9.39. The van der Waals surface area contributed by atoms with Crippen molar-refractivity contribution < 1.29 is 14.4 Å². The predicted molar refractivity (Wildman–Crippen MR) is 152 cm³/mol. The van der Waals surface area contributed by atoms with Crippen molar-refractivity contribution in [3.8, 4) is 11.3 Å². The third kappa shape index (κ3) is 4.94. The number of nitrogens with one attached hydrogen (secondary N) is 4. The quantitative estimate of drug-likeness (QED) is 0.415. The average molecular weight is 545 g/mol. The second kappa shape index (κ2) is 10.9. The zero-order chi connectivity index (χ0) is 26.9. The van der Waals surface area contributed by atoms with Gasteiger partial charge in [0.05, 0.1) is 22.0 Å². The number of piperidine rings is 1. The van der Waals surface area contributed by atoms with Crippen molar-refractivity contribution in [3.05, 3.63) is 71.9 Å². The number of rotatable bonds is 6. The van der Waals surface area contributed by atoms with E-state index in [-0.39, 0.29) is 47.3 Å². The van der Waals surface area contributed by atoms with Crippen molar-refractivity contribution in [1.29, 1.82) is 0 Å². The van der Waals surface area contributed by atoms with Gasteiger partial charge in [0.1, 0.15) is 0 Å². The van der Waals surface area contributed by atoms with Gasteiger partial charge in [-0.3, -0.25) is 19.5 Å². The van der Waals surface area contributed by atoms with Crippen LogP contribution in [0.5, 0.6) is 0 Å². The second-order valence-corrected chi connectivity index (χ2v) is 11.5. The van der Waals surface area contributed by atoms with Crippen LogP contribution in [0.15, 0.2) is 71.9 Å². The molecule has 3 aliphatic heterocycles. The highest BCUT2D eigenvalue weighted by molar-refractivity contribution is 8.04. The van der Waals surface area contributed by atoms with E-state index in [1.54, 1.807) is 6.20 Å². The standard InChI is InChI=1S/C29H32N6O3S/c1-2-23(36)32-19-10-6-7-11-20(19)33-27(37)26-25-24-22(13-15-31-28(24)39-26)35(29(38)34-25)18-12-14-30-21(16-18)17-8-4-3-5-9-17/h2-5,8-9,12,14,16,19-20,22,24,28,31H,1,6-7,10-11,13,15H2,(H,32,36)(H,33,37)(H,34,38)/t19-,20-,22?,24?,28?/m1/s1. The van der Waals surface area contributed by atoms with E-state index in [2.05, 4.69) is 32.8 Å². The lowest BCUT2D eigenvalue weighted by atomic mass is 9.86. The maximum Gasteiger partial charge on any atom is 0.326 e. The maximum absolute atomic E-state index is 13.6. The number of nitrogens with zero attached hydrogens (tertiary/aromatic N) is 2. The van der Waals surface area contributed by atoms with Crippen LogP contribution in [0.3, 0.4) is 0 Å². The molecule has 5 atom stereocenters. The van der Waals surface area contributed by atoms with Gasteiger partial charge in [-0.15, -0.1) is 0 Å². The van der Waals surface area contributed by atoms with Crippen LogP contribution in [0.2, 0.25) is 0 Å². The van der Waals surface area contributed by atoms with Gasteiger partial charge < -0.3 is 21.3 Å². The van der Waals surface area contributed by atoms with Crippen molar-refractivity contribution in [3.63, 3.8) is 0 Å². The summed E-state index contributed by atoms with van der Waals surface area (Å²) in [6, 6.07) is 13.1. The average Bonchev–Trinajstić information content (AvgIpc) is 3.34. The molecule has 1 aromatic carbocycles. The lowest BCUT2D eigenvalue weighted by Gasteiger charge is -2.45. The van der Waals surface area contributed by atoms with Crippen molar-refractivity contribution in [2.45, 2.75) is 55.6 Å². The number of carbonyl (C=O) groups is 3. The van der Waals surface area contributed by atoms with Gasteiger partial charge in [0.2, 0.25) is 5.91 Å². The molecule has 1 saturated carbocycles. The van der Waals surface area contributed by atoms with E-state index in [1.165, 1.54) is 17.8 Å². The highest BCUT2D eigenvalue weighted by atomic mass is 32.2. The van der Waals surface area contributed by atoms with Crippen LogP contribution in [0.1, 0.15) is 32.1 Å². The number of carbonyl (C=O) groups excluding carboxylic acids is 3. The molecular formula is C29H32N6O3S. The number of aromatic nitrogens is 1. The monoisotopic (exact) mass is 544 g/mol. The van der Waals surface area contributed by atoms with E-state index < -0.39 is 0 Å². The third-order valence-electron chi connectivity index (χ3n) is 8.03. The minimum absolute atomic E-state index is 0.0133. The van der Waals surface area contributed by atoms with Crippen LogP contribution in [-0.4, -0.2) is 52.9 Å². The summed E-state index contributed by atoms with van der Waals surface area (Å²) in [5.74, 6) is -0.473. The largest absolute Gasteiger partial charge is 0.348 e. The molecule has 1 aromatic heterocycles. The van der Waals surface area contributed by atoms with Crippen LogP contribution in [-0.2, 0) is 9.59 Å². The van der Waals surface area contributed by atoms with Crippen LogP contribution in [0.4, 0.5) is 10.5 Å². The van der Waals surface area contributed by atoms with Gasteiger partial charge in [0.15, 0.2) is 0 Å². The molecule has 2 saturated heterocycles. The summed E-state index contributed by atoms with van der Waals surface area (Å²) in [5.41, 5.74) is 3.28. The van der Waals surface area contributed by atoms with Gasteiger partial charge in [-0.2, -0.15) is 0 Å². The lowest BCUT2D eigenvalue weighted by Crippen LogP contribution is -2.62. The number of thioether (sulfide) groups is 1. The number of benzene rings is 1. The summed E-state index contributed by atoms with van der Waals surface area (Å²) in [4.78, 5) is 46.0. The molecule has 4 amide bonds. The Balaban J connectivity index is 1.26. The normalized spacial score (nSPS) is 27.8. The molecule has 0 radical (unpaired) electrons. The van der Waals surface area contributed by atoms with E-state index in [9.17, 15) is 14.4 Å². The fourth-order valence-corrected chi connectivity index (χ4v) is 7.61. The first kappa shape index (κ1) is 25.6. The van der Waals surface area contributed by atoms with E-state index in [0.29, 0.717) is 10.6 Å². The molecule has 3 unspecified atom stereocenters. The fourth-order valence-electron chi connectivity index (χ4n) is 6.21. The number of hydrogen-bond acceptors (Lipinski definition) is 6. The minimum Gasteiger partial charge on any atom is -0.348 e. The van der Waals surface area contributed by atoms with E-state index in [0.717, 1.165) is 55.6 Å². The van der Waals surface area contributed by atoms with Crippen molar-refractivity contribution in [2.24, 2.45) is 5.92 Å². The topological polar surface area (TPSA) is 115 Å². The fraction of sp³-hybridized carbons (Fsp3) is 0.379. The molecule has 0 spiro atoms. The molecule has 39 heavy (non-hydrogen) atoms. The molecular weight excluding hydrogens is 512 g/mol. The Morgan fingerprint density at radius 1 is 1.08 bits per heavy atom. The molecule has 1 aliphatic carbocycles. The molecule has 4 heterocycles. The van der Waals surface area contributed by atoms with Crippen molar-refractivity contribution in [2.75, 3.05) is 11.4 Å². The minimum atomic E-state index is -0.237. The predicted octanol–water partition coefficient (Wildman–Crippen LogP) is 3.27. The number of anilines is 1. The van der Waals surface area contributed by atoms with Crippen LogP contribution < -0.4 is 26.2 Å². The van der Waals surface area contributed by atoms with Gasteiger partial charge in [0.25, 0.3) is 5.91 Å². The Morgan fingerprint density at radius 3 is 2.62 bits per heavy atom. The maximum atomic E-state index is 13.6. The summed E-state index contributed by atoms with van der Waals surface area (Å²) >= 11 is 1.49. The van der Waals surface area contributed by atoms with Crippen molar-refractivity contribution >= 4 is 35.3 Å². The zero-order valence-electron chi connectivity index (χ0n) is 21.6. The van der Waals surface area contributed by atoms with Gasteiger partial charge in [-0.1, -0.05) is 61.5 Å². The Hall–Kier alpha value is -3.63. The number of pyridine rings is 1.